The molecule has 0 radical (unpaired) electrons. The molecule has 0 aliphatic heterocycles. The van der Waals surface area contributed by atoms with Crippen LogP contribution >= 0.6 is 0 Å². The Labute approximate surface area is 88.5 Å². The number of nitrogens with two attached hydrogens (primary N) is 1. The maximum atomic E-state index is 12.6. The van der Waals surface area contributed by atoms with Crippen molar-refractivity contribution in [1.82, 2.24) is 5.32 Å². The third kappa shape index (κ3) is 4.08. The van der Waals surface area contributed by atoms with Crippen LogP contribution in [0.1, 0.15) is 24.9 Å². The predicted octanol–water partition coefficient (Wildman–Crippen LogP) is 1.35. The number of hydrogen-bond donors (Lipinski definition) is 2. The zero-order valence-electron chi connectivity index (χ0n) is 8.66. The average molecular weight is 210 g/mol. The predicted molar refractivity (Wildman–Crippen MR) is 56.6 cm³/mol. The van der Waals surface area contributed by atoms with Gasteiger partial charge >= 0.3 is 0 Å². The number of nitrogens with one attached hydrogen (secondary N) is 1. The second kappa shape index (κ2) is 5.46. The largest absolute Gasteiger partial charge is 0.370 e. The second-order valence-electron chi connectivity index (χ2n) is 3.44. The van der Waals surface area contributed by atoms with Gasteiger partial charge in [-0.05, 0) is 24.6 Å². The Balaban J connectivity index is 2.43. The highest BCUT2D eigenvalue weighted by Crippen LogP contribution is 2.12. The summed E-state index contributed by atoms with van der Waals surface area (Å²) in [6.45, 7) is 2.49. The first kappa shape index (κ1) is 11.7. The summed E-state index contributed by atoms with van der Waals surface area (Å²) in [4.78, 5) is 10.5. The first-order valence-corrected chi connectivity index (χ1v) is 4.86. The molecule has 0 fully saturated rings. The Kier molecular flexibility index (Phi) is 4.24. The standard InChI is InChI=1S/C11H15FN2O/c1-8(14-7-6-11(13)15)9-2-4-10(12)5-3-9/h2-5,8,14H,6-7H2,1H3,(H2,13,15)/t8-/m0/s1. The molecule has 0 unspecified atom stereocenters. The Morgan fingerprint density at radius 3 is 2.60 bits per heavy atom. The van der Waals surface area contributed by atoms with E-state index in [0.29, 0.717) is 13.0 Å². The molecular formula is C11H15FN2O. The molecular weight excluding hydrogens is 195 g/mol. The molecule has 1 aromatic carbocycles. The molecule has 82 valence electrons. The first-order chi connectivity index (χ1) is 7.09. The van der Waals surface area contributed by atoms with E-state index in [1.807, 2.05) is 6.92 Å². The van der Waals surface area contributed by atoms with Crippen LogP contribution in [0.4, 0.5) is 4.39 Å². The minimum Gasteiger partial charge on any atom is -0.370 e. The molecule has 0 saturated heterocycles. The molecule has 0 saturated carbocycles. The fraction of sp³-hybridized carbons (Fsp3) is 0.364. The molecule has 1 rings (SSSR count). The van der Waals surface area contributed by atoms with Crippen LogP contribution in [-0.4, -0.2) is 12.5 Å². The molecule has 3 nitrogen and oxygen atoms in total. The number of benzene rings is 1. The zero-order chi connectivity index (χ0) is 11.3. The van der Waals surface area contributed by atoms with Crippen molar-refractivity contribution in [2.75, 3.05) is 6.54 Å². The topological polar surface area (TPSA) is 55.1 Å². The number of carbonyl (C=O) groups is 1. The van der Waals surface area contributed by atoms with E-state index in [1.54, 1.807) is 12.1 Å². The SMILES string of the molecule is C[C@H](NCCC(N)=O)c1ccc(F)cc1. The van der Waals surface area contributed by atoms with E-state index < -0.39 is 0 Å². The number of amides is 1. The van der Waals surface area contributed by atoms with Gasteiger partial charge in [0, 0.05) is 19.0 Å². The van der Waals surface area contributed by atoms with Gasteiger partial charge in [-0.3, -0.25) is 4.79 Å². The number of halogens is 1. The van der Waals surface area contributed by atoms with E-state index in [9.17, 15) is 9.18 Å². The fourth-order valence-corrected chi connectivity index (χ4v) is 1.28. The van der Waals surface area contributed by atoms with Gasteiger partial charge in [0.15, 0.2) is 0 Å². The van der Waals surface area contributed by atoms with Gasteiger partial charge < -0.3 is 11.1 Å². The number of hydrogen-bond acceptors (Lipinski definition) is 2. The van der Waals surface area contributed by atoms with Gasteiger partial charge in [-0.1, -0.05) is 12.1 Å². The molecule has 3 N–H and O–H groups in total. The zero-order valence-corrected chi connectivity index (χ0v) is 8.66. The maximum absolute atomic E-state index is 12.6. The summed E-state index contributed by atoms with van der Waals surface area (Å²) < 4.78 is 12.6. The minimum absolute atomic E-state index is 0.0879. The highest BCUT2D eigenvalue weighted by molar-refractivity contribution is 5.73. The Morgan fingerprint density at radius 2 is 2.07 bits per heavy atom. The summed E-state index contributed by atoms with van der Waals surface area (Å²) in [5, 5.41) is 3.13. The lowest BCUT2D eigenvalue weighted by Crippen LogP contribution is -2.24. The van der Waals surface area contributed by atoms with Crippen LogP contribution in [0.5, 0.6) is 0 Å². The van der Waals surface area contributed by atoms with Gasteiger partial charge in [0.2, 0.25) is 5.91 Å². The van der Waals surface area contributed by atoms with E-state index in [1.165, 1.54) is 12.1 Å². The van der Waals surface area contributed by atoms with Crippen molar-refractivity contribution in [3.05, 3.63) is 35.6 Å². The monoisotopic (exact) mass is 210 g/mol. The molecule has 1 amide bonds. The number of rotatable bonds is 5. The lowest BCUT2D eigenvalue weighted by Gasteiger charge is -2.13. The van der Waals surface area contributed by atoms with E-state index in [2.05, 4.69) is 5.32 Å². The van der Waals surface area contributed by atoms with Crippen molar-refractivity contribution >= 4 is 5.91 Å². The van der Waals surface area contributed by atoms with Crippen molar-refractivity contribution < 1.29 is 9.18 Å². The summed E-state index contributed by atoms with van der Waals surface area (Å²) in [5.74, 6) is -0.572. The van der Waals surface area contributed by atoms with E-state index in [4.69, 9.17) is 5.73 Å². The third-order valence-corrected chi connectivity index (χ3v) is 2.19. The first-order valence-electron chi connectivity index (χ1n) is 4.86. The van der Waals surface area contributed by atoms with Crippen LogP contribution in [0, 0.1) is 5.82 Å². The highest BCUT2D eigenvalue weighted by atomic mass is 19.1. The quantitative estimate of drug-likeness (QED) is 0.770. The van der Waals surface area contributed by atoms with Crippen LogP contribution in [0.2, 0.25) is 0 Å². The fourth-order valence-electron chi connectivity index (χ4n) is 1.28. The lowest BCUT2D eigenvalue weighted by molar-refractivity contribution is -0.117. The van der Waals surface area contributed by atoms with Gasteiger partial charge in [0.1, 0.15) is 5.82 Å². The molecule has 1 aromatic rings. The van der Waals surface area contributed by atoms with Gasteiger partial charge in [-0.15, -0.1) is 0 Å². The molecule has 0 aliphatic carbocycles. The summed E-state index contributed by atoms with van der Waals surface area (Å²) >= 11 is 0. The van der Waals surface area contributed by atoms with E-state index >= 15 is 0 Å². The normalized spacial score (nSPS) is 12.4. The molecule has 4 heteroatoms. The summed E-state index contributed by atoms with van der Waals surface area (Å²) in [7, 11) is 0. The Bertz CT molecular complexity index is 324. The molecule has 1 atom stereocenters. The molecule has 0 aromatic heterocycles. The van der Waals surface area contributed by atoms with Crippen molar-refractivity contribution in [3.63, 3.8) is 0 Å². The Hall–Kier alpha value is -1.42. The maximum Gasteiger partial charge on any atom is 0.218 e. The van der Waals surface area contributed by atoms with Crippen LogP contribution in [-0.2, 0) is 4.79 Å². The van der Waals surface area contributed by atoms with Crippen molar-refractivity contribution in [2.45, 2.75) is 19.4 Å². The minimum atomic E-state index is -0.325. The second-order valence-corrected chi connectivity index (χ2v) is 3.44. The molecule has 0 spiro atoms. The van der Waals surface area contributed by atoms with E-state index in [0.717, 1.165) is 5.56 Å². The molecule has 0 bridgehead atoms. The summed E-state index contributed by atoms with van der Waals surface area (Å²) in [5.41, 5.74) is 6.00. The van der Waals surface area contributed by atoms with Gasteiger partial charge in [0.25, 0.3) is 0 Å². The summed E-state index contributed by atoms with van der Waals surface area (Å²) in [6, 6.07) is 6.36. The molecule has 0 heterocycles. The summed E-state index contributed by atoms with van der Waals surface area (Å²) in [6.07, 6.45) is 0.311. The molecule has 0 aliphatic rings. The van der Waals surface area contributed by atoms with Crippen molar-refractivity contribution in [1.29, 1.82) is 0 Å². The number of carbonyl (C=O) groups excluding carboxylic acids is 1. The smallest absolute Gasteiger partial charge is 0.218 e. The van der Waals surface area contributed by atoms with Gasteiger partial charge in [-0.2, -0.15) is 0 Å². The van der Waals surface area contributed by atoms with Crippen LogP contribution in [0.25, 0.3) is 0 Å². The highest BCUT2D eigenvalue weighted by Gasteiger charge is 2.04. The van der Waals surface area contributed by atoms with Crippen molar-refractivity contribution in [2.24, 2.45) is 5.73 Å². The van der Waals surface area contributed by atoms with Gasteiger partial charge in [-0.25, -0.2) is 4.39 Å². The van der Waals surface area contributed by atoms with Crippen LogP contribution in [0.3, 0.4) is 0 Å². The van der Waals surface area contributed by atoms with E-state index in [-0.39, 0.29) is 17.8 Å². The van der Waals surface area contributed by atoms with Crippen LogP contribution in [0.15, 0.2) is 24.3 Å². The lowest BCUT2D eigenvalue weighted by atomic mass is 10.1. The molecule has 15 heavy (non-hydrogen) atoms. The average Bonchev–Trinajstić information content (AvgIpc) is 2.18. The van der Waals surface area contributed by atoms with Crippen LogP contribution < -0.4 is 11.1 Å². The third-order valence-electron chi connectivity index (χ3n) is 2.19. The van der Waals surface area contributed by atoms with Crippen molar-refractivity contribution in [3.8, 4) is 0 Å². The Morgan fingerprint density at radius 1 is 1.47 bits per heavy atom. The van der Waals surface area contributed by atoms with Gasteiger partial charge in [0.05, 0.1) is 0 Å². The number of primary amides is 1.